The third-order valence-corrected chi connectivity index (χ3v) is 4.24. The average molecular weight is 225 g/mol. The Bertz CT molecular complexity index is 201. The first-order valence-electron chi connectivity index (χ1n) is 6.91. The van der Waals surface area contributed by atoms with Crippen LogP contribution in [0.2, 0.25) is 0 Å². The molecule has 0 aromatic heterocycles. The van der Waals surface area contributed by atoms with Gasteiger partial charge >= 0.3 is 0 Å². The highest BCUT2D eigenvalue weighted by molar-refractivity contribution is 4.86. The van der Waals surface area contributed by atoms with Gasteiger partial charge in [0.05, 0.1) is 0 Å². The van der Waals surface area contributed by atoms with Crippen LogP contribution < -0.4 is 5.73 Å². The number of likely N-dealkylation sites (tertiary alicyclic amines) is 2. The fourth-order valence-electron chi connectivity index (χ4n) is 3.34. The minimum atomic E-state index is 0.410. The number of nitrogens with two attached hydrogens (primary N) is 1. The van der Waals surface area contributed by atoms with E-state index < -0.39 is 0 Å². The second-order valence-corrected chi connectivity index (χ2v) is 5.72. The smallest absolute Gasteiger partial charge is 0.0170 e. The molecule has 0 saturated carbocycles. The monoisotopic (exact) mass is 225 g/mol. The van der Waals surface area contributed by atoms with Crippen molar-refractivity contribution >= 4 is 0 Å². The Morgan fingerprint density at radius 2 is 1.88 bits per heavy atom. The summed E-state index contributed by atoms with van der Waals surface area (Å²) in [5.74, 6) is 0.785. The third-order valence-electron chi connectivity index (χ3n) is 4.24. The quantitative estimate of drug-likeness (QED) is 0.765. The van der Waals surface area contributed by atoms with Crippen LogP contribution in [0.25, 0.3) is 0 Å². The van der Waals surface area contributed by atoms with E-state index in [-0.39, 0.29) is 0 Å². The number of hydrogen-bond donors (Lipinski definition) is 1. The lowest BCUT2D eigenvalue weighted by Crippen LogP contribution is -2.53. The van der Waals surface area contributed by atoms with Gasteiger partial charge in [0.15, 0.2) is 0 Å². The topological polar surface area (TPSA) is 32.5 Å². The molecular weight excluding hydrogens is 198 g/mol. The Labute approximate surface area is 100.0 Å². The molecule has 0 amide bonds. The molecule has 2 unspecified atom stereocenters. The van der Waals surface area contributed by atoms with Crippen molar-refractivity contribution in [2.24, 2.45) is 11.7 Å². The number of nitrogens with zero attached hydrogens (tertiary/aromatic N) is 2. The molecule has 2 fully saturated rings. The largest absolute Gasteiger partial charge is 0.327 e. The van der Waals surface area contributed by atoms with Gasteiger partial charge in [-0.2, -0.15) is 0 Å². The third kappa shape index (κ3) is 2.96. The molecular formula is C13H27N3. The number of rotatable bonds is 2. The van der Waals surface area contributed by atoms with Gasteiger partial charge in [-0.1, -0.05) is 13.8 Å². The summed E-state index contributed by atoms with van der Waals surface area (Å²) in [6.07, 6.45) is 3.89. The molecule has 2 heterocycles. The van der Waals surface area contributed by atoms with E-state index in [9.17, 15) is 0 Å². The van der Waals surface area contributed by atoms with Crippen LogP contribution in [0.1, 0.15) is 33.1 Å². The highest BCUT2D eigenvalue weighted by Gasteiger charge is 2.29. The van der Waals surface area contributed by atoms with Crippen molar-refractivity contribution in [2.75, 3.05) is 32.7 Å². The summed E-state index contributed by atoms with van der Waals surface area (Å²) < 4.78 is 0. The molecule has 0 aromatic carbocycles. The van der Waals surface area contributed by atoms with Gasteiger partial charge in [-0.3, -0.25) is 4.90 Å². The lowest BCUT2D eigenvalue weighted by atomic mass is 9.93. The minimum absolute atomic E-state index is 0.410. The van der Waals surface area contributed by atoms with Crippen molar-refractivity contribution in [3.63, 3.8) is 0 Å². The zero-order valence-electron chi connectivity index (χ0n) is 10.9. The van der Waals surface area contributed by atoms with E-state index in [1.807, 2.05) is 0 Å². The zero-order valence-corrected chi connectivity index (χ0v) is 10.9. The highest BCUT2D eigenvalue weighted by Crippen LogP contribution is 2.22. The Morgan fingerprint density at radius 1 is 1.19 bits per heavy atom. The normalized spacial score (nSPS) is 35.4. The molecule has 0 aromatic rings. The van der Waals surface area contributed by atoms with Crippen molar-refractivity contribution in [3.8, 4) is 0 Å². The first-order valence-corrected chi connectivity index (χ1v) is 6.91. The highest BCUT2D eigenvalue weighted by atomic mass is 15.2. The second-order valence-electron chi connectivity index (χ2n) is 5.72. The van der Waals surface area contributed by atoms with Gasteiger partial charge in [0.2, 0.25) is 0 Å². The van der Waals surface area contributed by atoms with Crippen LogP contribution in [0.3, 0.4) is 0 Å². The van der Waals surface area contributed by atoms with E-state index in [2.05, 4.69) is 23.6 Å². The van der Waals surface area contributed by atoms with Crippen molar-refractivity contribution in [2.45, 2.75) is 45.2 Å². The van der Waals surface area contributed by atoms with Crippen molar-refractivity contribution < 1.29 is 0 Å². The summed E-state index contributed by atoms with van der Waals surface area (Å²) >= 11 is 0. The maximum Gasteiger partial charge on any atom is 0.0170 e. The lowest BCUT2D eigenvalue weighted by molar-refractivity contribution is 0.0688. The molecule has 16 heavy (non-hydrogen) atoms. The van der Waals surface area contributed by atoms with E-state index in [1.54, 1.807) is 0 Å². The summed E-state index contributed by atoms with van der Waals surface area (Å²) in [6.45, 7) is 10.8. The molecule has 0 spiro atoms. The summed E-state index contributed by atoms with van der Waals surface area (Å²) in [7, 11) is 0. The molecule has 0 radical (unpaired) electrons. The lowest BCUT2D eigenvalue weighted by Gasteiger charge is -2.43. The predicted molar refractivity (Wildman–Crippen MR) is 68.5 cm³/mol. The van der Waals surface area contributed by atoms with Crippen LogP contribution in [0.5, 0.6) is 0 Å². The van der Waals surface area contributed by atoms with E-state index in [0.717, 1.165) is 18.5 Å². The molecule has 2 N–H and O–H groups in total. The first-order chi connectivity index (χ1) is 7.69. The van der Waals surface area contributed by atoms with Crippen molar-refractivity contribution in [1.82, 2.24) is 9.80 Å². The molecule has 3 heteroatoms. The molecule has 2 atom stereocenters. The summed E-state index contributed by atoms with van der Waals surface area (Å²) in [4.78, 5) is 5.22. The van der Waals surface area contributed by atoms with Crippen molar-refractivity contribution in [3.05, 3.63) is 0 Å². The van der Waals surface area contributed by atoms with E-state index in [0.29, 0.717) is 6.04 Å². The zero-order chi connectivity index (χ0) is 11.5. The van der Waals surface area contributed by atoms with Crippen molar-refractivity contribution in [1.29, 1.82) is 0 Å². The van der Waals surface area contributed by atoms with Crippen LogP contribution >= 0.6 is 0 Å². The average Bonchev–Trinajstić information content (AvgIpc) is 2.28. The fraction of sp³-hybridized carbons (Fsp3) is 1.00. The van der Waals surface area contributed by atoms with E-state index in [4.69, 9.17) is 5.73 Å². The predicted octanol–water partition coefficient (Wildman–Crippen LogP) is 1.14. The van der Waals surface area contributed by atoms with Gasteiger partial charge in [0, 0.05) is 25.2 Å². The van der Waals surface area contributed by atoms with E-state index >= 15 is 0 Å². The maximum absolute atomic E-state index is 6.12. The van der Waals surface area contributed by atoms with Gasteiger partial charge in [0.25, 0.3) is 0 Å². The maximum atomic E-state index is 6.12. The van der Waals surface area contributed by atoms with Gasteiger partial charge in [-0.25, -0.2) is 0 Å². The number of hydrogen-bond acceptors (Lipinski definition) is 3. The van der Waals surface area contributed by atoms with Gasteiger partial charge < -0.3 is 10.6 Å². The fourth-order valence-corrected chi connectivity index (χ4v) is 3.34. The SMILES string of the molecule is CCN1CCC(N2CC(C)CC(N)C2)CC1. The molecule has 0 aliphatic carbocycles. The Balaban J connectivity index is 1.83. The van der Waals surface area contributed by atoms with Gasteiger partial charge in [-0.05, 0) is 44.8 Å². The van der Waals surface area contributed by atoms with Crippen LogP contribution in [0.4, 0.5) is 0 Å². The van der Waals surface area contributed by atoms with Crippen LogP contribution in [-0.2, 0) is 0 Å². The number of piperidine rings is 2. The molecule has 94 valence electrons. The molecule has 2 aliphatic heterocycles. The van der Waals surface area contributed by atoms with Gasteiger partial charge in [-0.15, -0.1) is 0 Å². The molecule has 0 bridgehead atoms. The van der Waals surface area contributed by atoms with Gasteiger partial charge in [0.1, 0.15) is 0 Å². The first kappa shape index (κ1) is 12.3. The summed E-state index contributed by atoms with van der Waals surface area (Å²) in [6, 6.07) is 1.21. The standard InChI is InChI=1S/C13H27N3/c1-3-15-6-4-13(5-7-15)16-9-11(2)8-12(14)10-16/h11-13H,3-10,14H2,1-2H3. The summed E-state index contributed by atoms with van der Waals surface area (Å²) in [5, 5.41) is 0. The molecule has 3 nitrogen and oxygen atoms in total. The van der Waals surface area contributed by atoms with E-state index in [1.165, 1.54) is 45.4 Å². The van der Waals surface area contributed by atoms with Crippen LogP contribution in [0, 0.1) is 5.92 Å². The molecule has 2 saturated heterocycles. The Kier molecular flexibility index (Phi) is 4.22. The molecule has 2 rings (SSSR count). The summed E-state index contributed by atoms with van der Waals surface area (Å²) in [5.41, 5.74) is 6.12. The second kappa shape index (κ2) is 5.48. The Hall–Kier alpha value is -0.120. The molecule has 2 aliphatic rings. The van der Waals surface area contributed by atoms with Crippen LogP contribution in [0.15, 0.2) is 0 Å². The van der Waals surface area contributed by atoms with Crippen LogP contribution in [-0.4, -0.2) is 54.6 Å². The minimum Gasteiger partial charge on any atom is -0.327 e. The Morgan fingerprint density at radius 3 is 2.44 bits per heavy atom.